The Bertz CT molecular complexity index is 1120. The number of benzene rings is 1. The lowest BCUT2D eigenvalue weighted by Crippen LogP contribution is -2.50. The molecule has 1 fully saturated rings. The molecule has 1 aromatic carbocycles. The standard InChI is InChI=1S/C23H27N5O3/c1-17-3-5-18(6-4-17)25-23(30)27-12-9-26(10-13-27)11-14-28-21-15-19(31-2)16-24-20(21)7-8-22(28)29/h3-8,15-16H,9-14H2,1-2H3,(H,25,30). The van der Waals surface area contributed by atoms with E-state index in [4.69, 9.17) is 4.74 Å². The molecule has 1 N–H and O–H groups in total. The summed E-state index contributed by atoms with van der Waals surface area (Å²) in [4.78, 5) is 33.4. The van der Waals surface area contributed by atoms with Crippen molar-refractivity contribution in [2.24, 2.45) is 0 Å². The van der Waals surface area contributed by atoms with E-state index >= 15 is 0 Å². The SMILES string of the molecule is COc1cnc2ccc(=O)n(CCN3CCN(C(=O)Nc4ccc(C)cc4)CC3)c2c1. The average Bonchev–Trinajstić information content (AvgIpc) is 2.80. The largest absolute Gasteiger partial charge is 0.495 e. The maximum atomic E-state index is 12.5. The number of piperazine rings is 1. The predicted molar refractivity (Wildman–Crippen MR) is 121 cm³/mol. The summed E-state index contributed by atoms with van der Waals surface area (Å²) in [5.41, 5.74) is 3.43. The zero-order valence-corrected chi connectivity index (χ0v) is 17.9. The van der Waals surface area contributed by atoms with Crippen LogP contribution in [0.25, 0.3) is 11.0 Å². The fourth-order valence-corrected chi connectivity index (χ4v) is 3.75. The van der Waals surface area contributed by atoms with Gasteiger partial charge in [0.15, 0.2) is 0 Å². The number of amides is 2. The topological polar surface area (TPSA) is 79.7 Å². The lowest BCUT2D eigenvalue weighted by atomic mass is 10.2. The van der Waals surface area contributed by atoms with Crippen molar-refractivity contribution in [3.63, 3.8) is 0 Å². The lowest BCUT2D eigenvalue weighted by molar-refractivity contribution is 0.144. The van der Waals surface area contributed by atoms with Gasteiger partial charge in [-0.15, -0.1) is 0 Å². The van der Waals surface area contributed by atoms with Crippen LogP contribution >= 0.6 is 0 Å². The number of aryl methyl sites for hydroxylation is 1. The number of hydrogen-bond acceptors (Lipinski definition) is 5. The lowest BCUT2D eigenvalue weighted by Gasteiger charge is -2.34. The Morgan fingerprint density at radius 3 is 2.52 bits per heavy atom. The first-order chi connectivity index (χ1) is 15.0. The first kappa shape index (κ1) is 20.9. The summed E-state index contributed by atoms with van der Waals surface area (Å²) in [6, 6.07) is 12.8. The van der Waals surface area contributed by atoms with Crippen molar-refractivity contribution in [1.29, 1.82) is 0 Å². The number of aromatic nitrogens is 2. The van der Waals surface area contributed by atoms with Gasteiger partial charge >= 0.3 is 6.03 Å². The van der Waals surface area contributed by atoms with Crippen molar-refractivity contribution in [3.8, 4) is 5.75 Å². The maximum absolute atomic E-state index is 12.5. The maximum Gasteiger partial charge on any atom is 0.321 e. The van der Waals surface area contributed by atoms with E-state index in [-0.39, 0.29) is 11.6 Å². The Kier molecular flexibility index (Phi) is 6.18. The molecule has 2 amide bonds. The Morgan fingerprint density at radius 1 is 1.06 bits per heavy atom. The number of anilines is 1. The molecule has 162 valence electrons. The molecular formula is C23H27N5O3. The highest BCUT2D eigenvalue weighted by atomic mass is 16.5. The van der Waals surface area contributed by atoms with Gasteiger partial charge in [-0.1, -0.05) is 17.7 Å². The molecule has 2 aromatic heterocycles. The van der Waals surface area contributed by atoms with E-state index in [0.717, 1.165) is 41.9 Å². The van der Waals surface area contributed by atoms with E-state index in [1.807, 2.05) is 42.2 Å². The fourth-order valence-electron chi connectivity index (χ4n) is 3.75. The van der Waals surface area contributed by atoms with Gasteiger partial charge in [-0.05, 0) is 25.1 Å². The van der Waals surface area contributed by atoms with Crippen molar-refractivity contribution in [1.82, 2.24) is 19.4 Å². The molecule has 0 atom stereocenters. The van der Waals surface area contributed by atoms with E-state index in [9.17, 15) is 9.59 Å². The van der Waals surface area contributed by atoms with Crippen LogP contribution in [0, 0.1) is 6.92 Å². The van der Waals surface area contributed by atoms with Crippen LogP contribution in [0.1, 0.15) is 5.56 Å². The molecule has 0 saturated carbocycles. The zero-order valence-electron chi connectivity index (χ0n) is 17.9. The number of fused-ring (bicyclic) bond motifs is 1. The molecule has 31 heavy (non-hydrogen) atoms. The second kappa shape index (κ2) is 9.18. The van der Waals surface area contributed by atoms with E-state index in [1.165, 1.54) is 0 Å². The third kappa shape index (κ3) is 4.86. The van der Waals surface area contributed by atoms with Crippen LogP contribution in [0.5, 0.6) is 5.75 Å². The van der Waals surface area contributed by atoms with Crippen molar-refractivity contribution < 1.29 is 9.53 Å². The van der Waals surface area contributed by atoms with E-state index < -0.39 is 0 Å². The molecule has 4 rings (SSSR count). The number of carbonyl (C=O) groups is 1. The summed E-state index contributed by atoms with van der Waals surface area (Å²) < 4.78 is 7.00. The Labute approximate surface area is 181 Å². The first-order valence-corrected chi connectivity index (χ1v) is 10.4. The first-order valence-electron chi connectivity index (χ1n) is 10.4. The summed E-state index contributed by atoms with van der Waals surface area (Å²) >= 11 is 0. The van der Waals surface area contributed by atoms with Gasteiger partial charge < -0.3 is 19.5 Å². The summed E-state index contributed by atoms with van der Waals surface area (Å²) in [6.07, 6.45) is 1.65. The van der Waals surface area contributed by atoms with Crippen LogP contribution in [-0.4, -0.2) is 65.2 Å². The van der Waals surface area contributed by atoms with Gasteiger partial charge in [-0.2, -0.15) is 0 Å². The molecule has 1 aliphatic rings. The number of ether oxygens (including phenoxy) is 1. The number of urea groups is 1. The van der Waals surface area contributed by atoms with Crippen LogP contribution < -0.4 is 15.6 Å². The van der Waals surface area contributed by atoms with Crippen LogP contribution in [0.4, 0.5) is 10.5 Å². The van der Waals surface area contributed by atoms with Crippen LogP contribution in [0.3, 0.4) is 0 Å². The van der Waals surface area contributed by atoms with Gasteiger partial charge in [0.2, 0.25) is 0 Å². The van der Waals surface area contributed by atoms with Crippen LogP contribution in [-0.2, 0) is 6.54 Å². The van der Waals surface area contributed by atoms with Gasteiger partial charge in [0.1, 0.15) is 5.75 Å². The smallest absolute Gasteiger partial charge is 0.321 e. The second-order valence-corrected chi connectivity index (χ2v) is 7.73. The Balaban J connectivity index is 1.34. The quantitative estimate of drug-likeness (QED) is 0.685. The highest BCUT2D eigenvalue weighted by Gasteiger charge is 2.21. The molecule has 1 saturated heterocycles. The van der Waals surface area contributed by atoms with E-state index in [0.29, 0.717) is 25.4 Å². The van der Waals surface area contributed by atoms with Crippen LogP contribution in [0.15, 0.2) is 53.5 Å². The zero-order chi connectivity index (χ0) is 21.8. The minimum atomic E-state index is -0.0769. The number of nitrogens with one attached hydrogen (secondary N) is 1. The Morgan fingerprint density at radius 2 is 1.81 bits per heavy atom. The normalized spacial score (nSPS) is 14.6. The molecule has 0 bridgehead atoms. The average molecular weight is 422 g/mol. The minimum Gasteiger partial charge on any atom is -0.495 e. The molecule has 3 heterocycles. The molecule has 0 aliphatic carbocycles. The summed E-state index contributed by atoms with van der Waals surface area (Å²) in [6.45, 7) is 6.13. The third-order valence-electron chi connectivity index (χ3n) is 5.65. The molecule has 0 unspecified atom stereocenters. The summed E-state index contributed by atoms with van der Waals surface area (Å²) in [5.74, 6) is 0.625. The predicted octanol–water partition coefficient (Wildman–Crippen LogP) is 2.56. The third-order valence-corrected chi connectivity index (χ3v) is 5.65. The highest BCUT2D eigenvalue weighted by Crippen LogP contribution is 2.17. The van der Waals surface area contributed by atoms with Crippen molar-refractivity contribution in [2.75, 3.05) is 45.2 Å². The number of carbonyl (C=O) groups excluding carboxylic acids is 1. The monoisotopic (exact) mass is 421 g/mol. The molecule has 3 aromatic rings. The summed E-state index contributed by atoms with van der Waals surface area (Å²) in [5, 5.41) is 2.95. The molecule has 0 spiro atoms. The second-order valence-electron chi connectivity index (χ2n) is 7.73. The molecule has 8 nitrogen and oxygen atoms in total. The molecule has 0 radical (unpaired) electrons. The summed E-state index contributed by atoms with van der Waals surface area (Å²) in [7, 11) is 1.59. The van der Waals surface area contributed by atoms with Crippen LogP contribution in [0.2, 0.25) is 0 Å². The molecule has 8 heteroatoms. The highest BCUT2D eigenvalue weighted by molar-refractivity contribution is 5.89. The number of hydrogen-bond donors (Lipinski definition) is 1. The van der Waals surface area contributed by atoms with Crippen molar-refractivity contribution >= 4 is 22.8 Å². The van der Waals surface area contributed by atoms with Gasteiger partial charge in [0.25, 0.3) is 5.56 Å². The van der Waals surface area contributed by atoms with Crippen molar-refractivity contribution in [3.05, 3.63) is 64.6 Å². The van der Waals surface area contributed by atoms with Gasteiger partial charge in [-0.25, -0.2) is 4.79 Å². The molecular weight excluding hydrogens is 394 g/mol. The minimum absolute atomic E-state index is 0.0568. The van der Waals surface area contributed by atoms with E-state index in [2.05, 4.69) is 15.2 Å². The number of methoxy groups -OCH3 is 1. The van der Waals surface area contributed by atoms with Gasteiger partial charge in [0.05, 0.1) is 24.3 Å². The number of rotatable bonds is 5. The van der Waals surface area contributed by atoms with Gasteiger partial charge in [-0.3, -0.25) is 14.7 Å². The van der Waals surface area contributed by atoms with Crippen molar-refractivity contribution in [2.45, 2.75) is 13.5 Å². The van der Waals surface area contributed by atoms with E-state index in [1.54, 1.807) is 30.0 Å². The molecule has 1 aliphatic heterocycles. The number of nitrogens with zero attached hydrogens (tertiary/aromatic N) is 4. The van der Waals surface area contributed by atoms with Gasteiger partial charge in [0, 0.05) is 57.1 Å². The number of pyridine rings is 2. The Hall–Kier alpha value is -3.39. The fraction of sp³-hybridized carbons (Fsp3) is 0.348.